The Morgan fingerprint density at radius 1 is 1.04 bits per heavy atom. The van der Waals surface area contributed by atoms with Crippen LogP contribution in [0.5, 0.6) is 0 Å². The van der Waals surface area contributed by atoms with E-state index in [1.165, 1.54) is 49.6 Å². The molecule has 1 amide bonds. The molecule has 0 spiro atoms. The summed E-state index contributed by atoms with van der Waals surface area (Å²) in [6.07, 6.45) is 0.594. The second-order valence-corrected chi connectivity index (χ2v) is 5.93. The van der Waals surface area contributed by atoms with Crippen molar-refractivity contribution in [1.29, 1.82) is 0 Å². The van der Waals surface area contributed by atoms with Gasteiger partial charge in [0.25, 0.3) is 0 Å². The zero-order valence-corrected chi connectivity index (χ0v) is 14.8. The second-order valence-electron chi connectivity index (χ2n) is 5.52. The summed E-state index contributed by atoms with van der Waals surface area (Å²) in [7, 11) is 1.26. The number of carbonyl (C=O) groups is 3. The topological polar surface area (TPSA) is 72.5 Å². The fourth-order valence-corrected chi connectivity index (χ4v) is 2.43. The molecule has 0 heterocycles. The molecule has 26 heavy (non-hydrogen) atoms. The maximum Gasteiger partial charge on any atom is 0.337 e. The first-order valence-electron chi connectivity index (χ1n) is 7.87. The van der Waals surface area contributed by atoms with Crippen molar-refractivity contribution < 1.29 is 23.5 Å². The number of nitrogens with one attached hydrogen (secondary N) is 1. The van der Waals surface area contributed by atoms with E-state index in [9.17, 15) is 18.8 Å². The molecule has 2 aromatic rings. The fraction of sp³-hybridized carbons (Fsp3) is 0.211. The average Bonchev–Trinajstić information content (AvgIpc) is 2.63. The Balaban J connectivity index is 1.88. The molecule has 5 nitrogen and oxygen atoms in total. The van der Waals surface area contributed by atoms with Crippen molar-refractivity contribution >= 4 is 34.9 Å². The number of anilines is 1. The van der Waals surface area contributed by atoms with E-state index in [0.717, 1.165) is 0 Å². The predicted molar refractivity (Wildman–Crippen MR) is 96.0 cm³/mol. The third kappa shape index (κ3) is 5.39. The number of methoxy groups -OCH3 is 1. The third-order valence-electron chi connectivity index (χ3n) is 3.64. The Labute approximate surface area is 155 Å². The third-order valence-corrected chi connectivity index (χ3v) is 3.97. The zero-order chi connectivity index (χ0) is 19.1. The number of benzene rings is 2. The summed E-state index contributed by atoms with van der Waals surface area (Å²) in [6, 6.07) is 9.67. The van der Waals surface area contributed by atoms with Crippen LogP contribution >= 0.6 is 11.6 Å². The highest BCUT2D eigenvalue weighted by Gasteiger charge is 2.12. The van der Waals surface area contributed by atoms with Crippen molar-refractivity contribution in [2.45, 2.75) is 19.3 Å². The van der Waals surface area contributed by atoms with E-state index in [0.29, 0.717) is 17.7 Å². The van der Waals surface area contributed by atoms with E-state index < -0.39 is 11.8 Å². The summed E-state index contributed by atoms with van der Waals surface area (Å²) in [4.78, 5) is 35.5. The second kappa shape index (κ2) is 9.10. The average molecular weight is 378 g/mol. The largest absolute Gasteiger partial charge is 0.465 e. The van der Waals surface area contributed by atoms with Crippen LogP contribution < -0.4 is 5.32 Å². The molecule has 0 aromatic heterocycles. The van der Waals surface area contributed by atoms with Crippen LogP contribution in [0.15, 0.2) is 42.5 Å². The van der Waals surface area contributed by atoms with Gasteiger partial charge in [0.2, 0.25) is 5.91 Å². The standard InChI is InChI=1S/C19H17ClFNO4/c1-26-19(25)13-7-10-15(20)16(11-13)22-18(24)4-2-3-17(23)12-5-8-14(21)9-6-12/h5-11H,2-4H2,1H3,(H,22,24). The van der Waals surface area contributed by atoms with Gasteiger partial charge in [-0.2, -0.15) is 0 Å². The molecule has 7 heteroatoms. The Morgan fingerprint density at radius 3 is 2.35 bits per heavy atom. The van der Waals surface area contributed by atoms with E-state index in [4.69, 9.17) is 11.6 Å². The minimum absolute atomic E-state index is 0.103. The molecule has 0 saturated carbocycles. The van der Waals surface area contributed by atoms with Crippen LogP contribution in [-0.2, 0) is 9.53 Å². The first kappa shape index (κ1) is 19.6. The van der Waals surface area contributed by atoms with Crippen LogP contribution in [0.1, 0.15) is 40.0 Å². The van der Waals surface area contributed by atoms with Gasteiger partial charge < -0.3 is 10.1 Å². The predicted octanol–water partition coefficient (Wildman–Crippen LogP) is 4.26. The molecule has 0 saturated heterocycles. The van der Waals surface area contributed by atoms with Crippen molar-refractivity contribution in [2.24, 2.45) is 0 Å². The number of rotatable bonds is 7. The van der Waals surface area contributed by atoms with Crippen molar-refractivity contribution in [2.75, 3.05) is 12.4 Å². The maximum atomic E-state index is 12.8. The summed E-state index contributed by atoms with van der Waals surface area (Å²) < 4.78 is 17.5. The SMILES string of the molecule is COC(=O)c1ccc(Cl)c(NC(=O)CCCC(=O)c2ccc(F)cc2)c1. The molecular formula is C19H17ClFNO4. The first-order valence-corrected chi connectivity index (χ1v) is 8.25. The summed E-state index contributed by atoms with van der Waals surface area (Å²) in [5.74, 6) is -1.45. The smallest absolute Gasteiger partial charge is 0.337 e. The number of ether oxygens (including phenoxy) is 1. The quantitative estimate of drug-likeness (QED) is 0.578. The van der Waals surface area contributed by atoms with Crippen molar-refractivity contribution in [1.82, 2.24) is 0 Å². The number of hydrogen-bond donors (Lipinski definition) is 1. The monoisotopic (exact) mass is 377 g/mol. The minimum Gasteiger partial charge on any atom is -0.465 e. The van der Waals surface area contributed by atoms with Crippen LogP contribution in [0.4, 0.5) is 10.1 Å². The number of Topliss-reactive ketones (excluding diaryl/α,β-unsaturated/α-hetero) is 1. The molecule has 136 valence electrons. The van der Waals surface area contributed by atoms with Crippen LogP contribution in [-0.4, -0.2) is 24.8 Å². The summed E-state index contributed by atoms with van der Waals surface area (Å²) >= 11 is 6.01. The minimum atomic E-state index is -0.540. The zero-order valence-electron chi connectivity index (χ0n) is 14.1. The Bertz CT molecular complexity index is 821. The van der Waals surface area contributed by atoms with Crippen LogP contribution in [0.25, 0.3) is 0 Å². The van der Waals surface area contributed by atoms with Gasteiger partial charge in [-0.3, -0.25) is 9.59 Å². The van der Waals surface area contributed by atoms with E-state index in [2.05, 4.69) is 10.1 Å². The molecule has 2 rings (SSSR count). The lowest BCUT2D eigenvalue weighted by molar-refractivity contribution is -0.116. The lowest BCUT2D eigenvalue weighted by Gasteiger charge is -2.09. The number of esters is 1. The summed E-state index contributed by atoms with van der Waals surface area (Å²) in [5, 5.41) is 2.90. The first-order chi connectivity index (χ1) is 12.4. The molecule has 0 fully saturated rings. The van der Waals surface area contributed by atoms with Gasteiger partial charge in [-0.25, -0.2) is 9.18 Å². The van der Waals surface area contributed by atoms with E-state index in [1.54, 1.807) is 0 Å². The van der Waals surface area contributed by atoms with E-state index in [1.807, 2.05) is 0 Å². The molecule has 1 N–H and O–H groups in total. The fourth-order valence-electron chi connectivity index (χ4n) is 2.27. The van der Waals surface area contributed by atoms with Crippen molar-refractivity contribution in [3.05, 3.63) is 64.4 Å². The van der Waals surface area contributed by atoms with Gasteiger partial charge in [0.15, 0.2) is 5.78 Å². The molecule has 0 bridgehead atoms. The van der Waals surface area contributed by atoms with Gasteiger partial charge in [0.1, 0.15) is 5.82 Å². The van der Waals surface area contributed by atoms with Gasteiger partial charge in [-0.1, -0.05) is 11.6 Å². The molecule has 0 aliphatic carbocycles. The van der Waals surface area contributed by atoms with E-state index in [-0.39, 0.29) is 35.1 Å². The number of carbonyl (C=O) groups excluding carboxylic acids is 3. The maximum absolute atomic E-state index is 12.8. The number of amides is 1. The van der Waals surface area contributed by atoms with Gasteiger partial charge in [-0.05, 0) is 48.9 Å². The lowest BCUT2D eigenvalue weighted by Crippen LogP contribution is -2.13. The molecule has 0 radical (unpaired) electrons. The van der Waals surface area contributed by atoms with Gasteiger partial charge in [-0.15, -0.1) is 0 Å². The Morgan fingerprint density at radius 2 is 1.69 bits per heavy atom. The van der Waals surface area contributed by atoms with Gasteiger partial charge in [0.05, 0.1) is 23.4 Å². The molecule has 2 aromatic carbocycles. The normalized spacial score (nSPS) is 10.3. The Hall–Kier alpha value is -2.73. The number of halogens is 2. The molecule has 0 aliphatic heterocycles. The van der Waals surface area contributed by atoms with Crippen LogP contribution in [0.2, 0.25) is 5.02 Å². The molecule has 0 aliphatic rings. The van der Waals surface area contributed by atoms with Gasteiger partial charge in [0, 0.05) is 18.4 Å². The van der Waals surface area contributed by atoms with Crippen molar-refractivity contribution in [3.8, 4) is 0 Å². The molecular weight excluding hydrogens is 361 g/mol. The van der Waals surface area contributed by atoms with E-state index >= 15 is 0 Å². The molecule has 0 unspecified atom stereocenters. The van der Waals surface area contributed by atoms with Gasteiger partial charge >= 0.3 is 5.97 Å². The highest BCUT2D eigenvalue weighted by atomic mass is 35.5. The lowest BCUT2D eigenvalue weighted by atomic mass is 10.1. The summed E-state index contributed by atoms with van der Waals surface area (Å²) in [6.45, 7) is 0. The van der Waals surface area contributed by atoms with Crippen LogP contribution in [0, 0.1) is 5.82 Å². The Kier molecular flexibility index (Phi) is 6.86. The van der Waals surface area contributed by atoms with Crippen LogP contribution in [0.3, 0.4) is 0 Å². The molecule has 0 atom stereocenters. The van der Waals surface area contributed by atoms with Crippen molar-refractivity contribution in [3.63, 3.8) is 0 Å². The number of ketones is 1. The highest BCUT2D eigenvalue weighted by molar-refractivity contribution is 6.33. The summed E-state index contributed by atoms with van der Waals surface area (Å²) in [5.41, 5.74) is 0.962. The highest BCUT2D eigenvalue weighted by Crippen LogP contribution is 2.24. The number of hydrogen-bond acceptors (Lipinski definition) is 4.